The summed E-state index contributed by atoms with van der Waals surface area (Å²) in [4.78, 5) is 28.5. The van der Waals surface area contributed by atoms with Gasteiger partial charge in [-0.2, -0.15) is 0 Å². The molecule has 16 heavy (non-hydrogen) atoms. The predicted molar refractivity (Wildman–Crippen MR) is 61.2 cm³/mol. The summed E-state index contributed by atoms with van der Waals surface area (Å²) in [6.07, 6.45) is 1.67. The van der Waals surface area contributed by atoms with E-state index in [1.54, 1.807) is 0 Å². The number of hydrogen-bond donors (Lipinski definition) is 3. The van der Waals surface area contributed by atoms with E-state index in [9.17, 15) is 9.59 Å². The molecule has 0 bridgehead atoms. The minimum Gasteiger partial charge on any atom is -0.369 e. The number of carbonyl (C=O) groups is 1. The van der Waals surface area contributed by atoms with Crippen molar-refractivity contribution in [3.8, 4) is 0 Å². The smallest absolute Gasteiger partial charge is 0.252 e. The van der Waals surface area contributed by atoms with Crippen molar-refractivity contribution < 1.29 is 4.79 Å². The average Bonchev–Trinajstić information content (AvgIpc) is 2.16. The van der Waals surface area contributed by atoms with Gasteiger partial charge >= 0.3 is 0 Å². The van der Waals surface area contributed by atoms with Gasteiger partial charge in [-0.3, -0.25) is 9.59 Å². The van der Waals surface area contributed by atoms with Crippen molar-refractivity contribution in [3.63, 3.8) is 0 Å². The maximum Gasteiger partial charge on any atom is 0.252 e. The number of rotatable bonds is 5. The van der Waals surface area contributed by atoms with Gasteiger partial charge in [0, 0.05) is 25.1 Å². The fourth-order valence-electron chi connectivity index (χ4n) is 1.16. The molecule has 0 aromatic carbocycles. The Kier molecular flexibility index (Phi) is 4.50. The van der Waals surface area contributed by atoms with Crippen LogP contribution >= 0.6 is 0 Å². The largest absolute Gasteiger partial charge is 0.369 e. The van der Waals surface area contributed by atoms with E-state index in [0.29, 0.717) is 18.8 Å². The molecule has 0 fully saturated rings. The van der Waals surface area contributed by atoms with Gasteiger partial charge in [-0.1, -0.05) is 0 Å². The van der Waals surface area contributed by atoms with Crippen molar-refractivity contribution in [3.05, 3.63) is 22.7 Å². The van der Waals surface area contributed by atoms with Gasteiger partial charge in [-0.05, 0) is 13.8 Å². The SMILES string of the molecule is CC(C)NC(=O)CCNc1cc(=O)[nH]cn1. The zero-order chi connectivity index (χ0) is 12.0. The van der Waals surface area contributed by atoms with Crippen LogP contribution in [0.5, 0.6) is 0 Å². The molecular weight excluding hydrogens is 208 g/mol. The molecule has 6 nitrogen and oxygen atoms in total. The van der Waals surface area contributed by atoms with Crippen LogP contribution in [0.4, 0.5) is 5.82 Å². The van der Waals surface area contributed by atoms with E-state index in [1.165, 1.54) is 12.4 Å². The van der Waals surface area contributed by atoms with Gasteiger partial charge in [-0.15, -0.1) is 0 Å². The third-order valence-electron chi connectivity index (χ3n) is 1.79. The van der Waals surface area contributed by atoms with Gasteiger partial charge in [0.15, 0.2) is 0 Å². The Hall–Kier alpha value is -1.85. The summed E-state index contributed by atoms with van der Waals surface area (Å²) in [7, 11) is 0. The second kappa shape index (κ2) is 5.89. The minimum atomic E-state index is -0.218. The van der Waals surface area contributed by atoms with E-state index in [4.69, 9.17) is 0 Å². The van der Waals surface area contributed by atoms with Gasteiger partial charge in [0.2, 0.25) is 5.91 Å². The number of aromatic nitrogens is 2. The molecule has 1 amide bonds. The third kappa shape index (κ3) is 4.59. The zero-order valence-corrected chi connectivity index (χ0v) is 9.41. The Morgan fingerprint density at radius 2 is 2.31 bits per heavy atom. The van der Waals surface area contributed by atoms with Crippen LogP contribution in [-0.4, -0.2) is 28.5 Å². The van der Waals surface area contributed by atoms with Crippen LogP contribution in [0.3, 0.4) is 0 Å². The summed E-state index contributed by atoms with van der Waals surface area (Å²) in [5.74, 6) is 0.452. The molecule has 0 spiro atoms. The molecule has 6 heteroatoms. The molecule has 1 heterocycles. The lowest BCUT2D eigenvalue weighted by Crippen LogP contribution is -2.31. The first-order valence-corrected chi connectivity index (χ1v) is 5.16. The van der Waals surface area contributed by atoms with E-state index < -0.39 is 0 Å². The van der Waals surface area contributed by atoms with Crippen LogP contribution in [0.15, 0.2) is 17.2 Å². The number of amides is 1. The standard InChI is InChI=1S/C10H16N4O2/c1-7(2)14-9(15)3-4-11-8-5-10(16)13-6-12-8/h5-7H,3-4H2,1-2H3,(H,14,15)(H2,11,12,13,16). The van der Waals surface area contributed by atoms with Gasteiger partial charge in [0.25, 0.3) is 5.56 Å². The van der Waals surface area contributed by atoms with Gasteiger partial charge in [-0.25, -0.2) is 4.98 Å². The van der Waals surface area contributed by atoms with E-state index in [-0.39, 0.29) is 17.5 Å². The molecule has 88 valence electrons. The first-order chi connectivity index (χ1) is 7.58. The highest BCUT2D eigenvalue weighted by Gasteiger charge is 2.02. The molecule has 0 unspecified atom stereocenters. The molecule has 0 atom stereocenters. The van der Waals surface area contributed by atoms with Crippen molar-refractivity contribution in [1.82, 2.24) is 15.3 Å². The highest BCUT2D eigenvalue weighted by atomic mass is 16.1. The number of anilines is 1. The van der Waals surface area contributed by atoms with Crippen LogP contribution in [0, 0.1) is 0 Å². The van der Waals surface area contributed by atoms with E-state index in [1.807, 2.05) is 13.8 Å². The van der Waals surface area contributed by atoms with Crippen LogP contribution in [0.1, 0.15) is 20.3 Å². The minimum absolute atomic E-state index is 0.0210. The van der Waals surface area contributed by atoms with Crippen LogP contribution in [0.25, 0.3) is 0 Å². The first kappa shape index (κ1) is 12.2. The Labute approximate surface area is 93.5 Å². The molecule has 0 aliphatic rings. The summed E-state index contributed by atoms with van der Waals surface area (Å²) in [6.45, 7) is 4.27. The van der Waals surface area contributed by atoms with Crippen LogP contribution in [-0.2, 0) is 4.79 Å². The summed E-state index contributed by atoms with van der Waals surface area (Å²) in [6, 6.07) is 1.49. The summed E-state index contributed by atoms with van der Waals surface area (Å²) in [5.41, 5.74) is -0.218. The Bertz CT molecular complexity index is 400. The Balaban J connectivity index is 2.31. The molecule has 3 N–H and O–H groups in total. The highest BCUT2D eigenvalue weighted by molar-refractivity contribution is 5.76. The lowest BCUT2D eigenvalue weighted by Gasteiger charge is -2.08. The van der Waals surface area contributed by atoms with Crippen molar-refractivity contribution in [1.29, 1.82) is 0 Å². The summed E-state index contributed by atoms with van der Waals surface area (Å²) >= 11 is 0. The lowest BCUT2D eigenvalue weighted by atomic mass is 10.3. The normalized spacial score (nSPS) is 10.2. The number of hydrogen-bond acceptors (Lipinski definition) is 4. The predicted octanol–water partition coefficient (Wildman–Crippen LogP) is 0.0965. The topological polar surface area (TPSA) is 86.9 Å². The number of carbonyl (C=O) groups excluding carboxylic acids is 1. The molecule has 0 aliphatic carbocycles. The average molecular weight is 224 g/mol. The Morgan fingerprint density at radius 3 is 2.94 bits per heavy atom. The fourth-order valence-corrected chi connectivity index (χ4v) is 1.16. The highest BCUT2D eigenvalue weighted by Crippen LogP contribution is 1.94. The second-order valence-electron chi connectivity index (χ2n) is 3.70. The van der Waals surface area contributed by atoms with Gasteiger partial charge in [0.05, 0.1) is 6.33 Å². The van der Waals surface area contributed by atoms with E-state index in [0.717, 1.165) is 0 Å². The van der Waals surface area contributed by atoms with Crippen molar-refractivity contribution in [2.24, 2.45) is 0 Å². The summed E-state index contributed by atoms with van der Waals surface area (Å²) < 4.78 is 0. The lowest BCUT2D eigenvalue weighted by molar-refractivity contribution is -0.121. The van der Waals surface area contributed by atoms with Crippen LogP contribution < -0.4 is 16.2 Å². The third-order valence-corrected chi connectivity index (χ3v) is 1.79. The molecule has 0 radical (unpaired) electrons. The monoisotopic (exact) mass is 224 g/mol. The number of nitrogens with one attached hydrogen (secondary N) is 3. The molecule has 0 saturated carbocycles. The number of nitrogens with zero attached hydrogens (tertiary/aromatic N) is 1. The maximum absolute atomic E-state index is 11.3. The second-order valence-corrected chi connectivity index (χ2v) is 3.70. The van der Waals surface area contributed by atoms with Crippen LogP contribution in [0.2, 0.25) is 0 Å². The number of H-pyrrole nitrogens is 1. The Morgan fingerprint density at radius 1 is 1.56 bits per heavy atom. The van der Waals surface area contributed by atoms with Gasteiger partial charge < -0.3 is 15.6 Å². The van der Waals surface area contributed by atoms with Crippen molar-refractivity contribution in [2.75, 3.05) is 11.9 Å². The quantitative estimate of drug-likeness (QED) is 0.662. The number of aromatic amines is 1. The first-order valence-electron chi connectivity index (χ1n) is 5.16. The molecule has 1 rings (SSSR count). The molecule has 0 aliphatic heterocycles. The fraction of sp³-hybridized carbons (Fsp3) is 0.500. The van der Waals surface area contributed by atoms with Crippen molar-refractivity contribution in [2.45, 2.75) is 26.3 Å². The van der Waals surface area contributed by atoms with Crippen molar-refractivity contribution >= 4 is 11.7 Å². The van der Waals surface area contributed by atoms with Gasteiger partial charge in [0.1, 0.15) is 5.82 Å². The molecule has 0 saturated heterocycles. The molecule has 1 aromatic heterocycles. The molecular formula is C10H16N4O2. The van der Waals surface area contributed by atoms with E-state index in [2.05, 4.69) is 20.6 Å². The van der Waals surface area contributed by atoms with E-state index >= 15 is 0 Å². The zero-order valence-electron chi connectivity index (χ0n) is 9.41. The summed E-state index contributed by atoms with van der Waals surface area (Å²) in [5, 5.41) is 5.67. The maximum atomic E-state index is 11.3. The molecule has 1 aromatic rings.